The van der Waals surface area contributed by atoms with Gasteiger partial charge in [-0.2, -0.15) is 0 Å². The van der Waals surface area contributed by atoms with Crippen LogP contribution in [0.5, 0.6) is 11.6 Å². The lowest BCUT2D eigenvalue weighted by Gasteiger charge is -2.13. The van der Waals surface area contributed by atoms with Crippen LogP contribution < -0.4 is 9.47 Å². The average Bonchev–Trinajstić information content (AvgIpc) is 2.77. The van der Waals surface area contributed by atoms with Gasteiger partial charge in [-0.3, -0.25) is 9.78 Å². The van der Waals surface area contributed by atoms with Gasteiger partial charge in [0.05, 0.1) is 20.1 Å². The van der Waals surface area contributed by atoms with E-state index in [-0.39, 0.29) is 12.4 Å². The largest absolute Gasteiger partial charge is 0.493 e. The molecule has 3 rings (SSSR count). The maximum absolute atomic E-state index is 11.7. The molecule has 0 aliphatic rings. The molecule has 0 saturated heterocycles. The summed E-state index contributed by atoms with van der Waals surface area (Å²) in [7, 11) is 1.39. The third-order valence-electron chi connectivity index (χ3n) is 4.70. The average molecular weight is 485 g/mol. The van der Waals surface area contributed by atoms with Gasteiger partial charge in [-0.05, 0) is 65.0 Å². The van der Waals surface area contributed by atoms with Crippen LogP contribution in [0.3, 0.4) is 0 Å². The van der Waals surface area contributed by atoms with E-state index in [1.165, 1.54) is 7.11 Å². The first-order valence-electron chi connectivity index (χ1n) is 10.0. The Bertz CT molecular complexity index is 1030. The van der Waals surface area contributed by atoms with Crippen molar-refractivity contribution in [3.8, 4) is 11.6 Å². The van der Waals surface area contributed by atoms with E-state index >= 15 is 0 Å². The maximum Gasteiger partial charge on any atom is 0.310 e. The minimum atomic E-state index is -0.282. The Balaban J connectivity index is 1.55. The van der Waals surface area contributed by atoms with Crippen LogP contribution in [0.1, 0.15) is 28.7 Å². The van der Waals surface area contributed by atoms with Crippen LogP contribution >= 0.6 is 15.9 Å². The molecular weight excluding hydrogens is 460 g/mol. The van der Waals surface area contributed by atoms with E-state index in [4.69, 9.17) is 14.2 Å². The molecule has 31 heavy (non-hydrogen) atoms. The summed E-state index contributed by atoms with van der Waals surface area (Å²) < 4.78 is 17.3. The van der Waals surface area contributed by atoms with Gasteiger partial charge in [-0.25, -0.2) is 4.98 Å². The predicted molar refractivity (Wildman–Crippen MR) is 121 cm³/mol. The van der Waals surface area contributed by atoms with Crippen LogP contribution in [-0.4, -0.2) is 29.7 Å². The Morgan fingerprint density at radius 1 is 1.06 bits per heavy atom. The van der Waals surface area contributed by atoms with Gasteiger partial charge in [0, 0.05) is 24.0 Å². The summed E-state index contributed by atoms with van der Waals surface area (Å²) in [6.45, 7) is 2.93. The van der Waals surface area contributed by atoms with E-state index < -0.39 is 0 Å². The number of pyridine rings is 2. The van der Waals surface area contributed by atoms with Gasteiger partial charge in [-0.1, -0.05) is 23.8 Å². The minimum Gasteiger partial charge on any atom is -0.493 e. The summed E-state index contributed by atoms with van der Waals surface area (Å²) in [5.41, 5.74) is 4.09. The fourth-order valence-electron chi connectivity index (χ4n) is 3.10. The molecule has 0 unspecified atom stereocenters. The van der Waals surface area contributed by atoms with Crippen molar-refractivity contribution in [2.24, 2.45) is 0 Å². The molecule has 0 bridgehead atoms. The number of nitrogens with zero attached hydrogens (tertiary/aromatic N) is 2. The highest BCUT2D eigenvalue weighted by Gasteiger charge is 2.10. The third kappa shape index (κ3) is 7.07. The van der Waals surface area contributed by atoms with Crippen LogP contribution in [0.25, 0.3) is 0 Å². The molecule has 7 heteroatoms. The van der Waals surface area contributed by atoms with Crippen LogP contribution in [-0.2, 0) is 29.0 Å². The number of carbonyl (C=O) groups excluding carboxylic acids is 1. The lowest BCUT2D eigenvalue weighted by atomic mass is 10.1. The summed E-state index contributed by atoms with van der Waals surface area (Å²) in [4.78, 5) is 20.2. The Morgan fingerprint density at radius 2 is 1.94 bits per heavy atom. The highest BCUT2D eigenvalue weighted by Crippen LogP contribution is 2.22. The molecule has 162 valence electrons. The second kappa shape index (κ2) is 11.5. The standard InChI is InChI=1S/C24H25BrN2O4/c1-17-8-9-21(20(13-17)14-24(28)29-2)30-12-4-5-18-15-26-11-10-19(18)16-31-23-7-3-6-22(25)27-23/h3,6-11,13,15H,4-5,12,14,16H2,1-2H3. The van der Waals surface area contributed by atoms with Gasteiger partial charge in [0.25, 0.3) is 0 Å². The molecule has 3 aromatic rings. The summed E-state index contributed by atoms with van der Waals surface area (Å²) in [5, 5.41) is 0. The number of hydrogen-bond donors (Lipinski definition) is 0. The number of benzene rings is 1. The number of halogens is 1. The zero-order valence-electron chi connectivity index (χ0n) is 17.6. The first-order chi connectivity index (χ1) is 15.0. The number of ether oxygens (including phenoxy) is 3. The summed E-state index contributed by atoms with van der Waals surface area (Å²) in [6, 6.07) is 13.4. The Hall–Kier alpha value is -2.93. The number of aromatic nitrogens is 2. The van der Waals surface area contributed by atoms with Gasteiger partial charge in [-0.15, -0.1) is 0 Å². The molecule has 0 aliphatic carbocycles. The molecule has 0 N–H and O–H groups in total. The quantitative estimate of drug-likeness (QED) is 0.232. The Labute approximate surface area is 190 Å². The summed E-state index contributed by atoms with van der Waals surface area (Å²) in [6.07, 6.45) is 5.43. The summed E-state index contributed by atoms with van der Waals surface area (Å²) in [5.74, 6) is 1.000. The highest BCUT2D eigenvalue weighted by atomic mass is 79.9. The molecule has 0 atom stereocenters. The van der Waals surface area contributed by atoms with Gasteiger partial charge in [0.15, 0.2) is 0 Å². The molecule has 0 amide bonds. The van der Waals surface area contributed by atoms with E-state index in [9.17, 15) is 4.79 Å². The van der Waals surface area contributed by atoms with Crippen LogP contribution in [0.4, 0.5) is 0 Å². The van der Waals surface area contributed by atoms with Crippen molar-refractivity contribution in [2.75, 3.05) is 13.7 Å². The third-order valence-corrected chi connectivity index (χ3v) is 5.14. The van der Waals surface area contributed by atoms with Gasteiger partial charge >= 0.3 is 5.97 Å². The molecule has 2 heterocycles. The molecule has 0 spiro atoms. The Kier molecular flexibility index (Phi) is 8.41. The monoisotopic (exact) mass is 484 g/mol. The van der Waals surface area contributed by atoms with Crippen molar-refractivity contribution in [1.82, 2.24) is 9.97 Å². The van der Waals surface area contributed by atoms with Crippen LogP contribution in [0.2, 0.25) is 0 Å². The van der Waals surface area contributed by atoms with Crippen molar-refractivity contribution in [1.29, 1.82) is 0 Å². The van der Waals surface area contributed by atoms with Crippen molar-refractivity contribution in [3.63, 3.8) is 0 Å². The maximum atomic E-state index is 11.7. The van der Waals surface area contributed by atoms with Crippen molar-refractivity contribution >= 4 is 21.9 Å². The van der Waals surface area contributed by atoms with E-state index in [0.717, 1.165) is 39.7 Å². The number of aryl methyl sites for hydroxylation is 2. The van der Waals surface area contributed by atoms with Gasteiger partial charge in [0.1, 0.15) is 17.0 Å². The van der Waals surface area contributed by atoms with E-state index in [1.807, 2.05) is 55.6 Å². The fraction of sp³-hybridized carbons (Fsp3) is 0.292. The first kappa shape index (κ1) is 22.7. The molecule has 0 radical (unpaired) electrons. The second-order valence-corrected chi connectivity index (χ2v) is 7.86. The van der Waals surface area contributed by atoms with E-state index in [0.29, 0.717) is 24.8 Å². The van der Waals surface area contributed by atoms with E-state index in [2.05, 4.69) is 25.9 Å². The van der Waals surface area contributed by atoms with Crippen molar-refractivity contribution < 1.29 is 19.0 Å². The van der Waals surface area contributed by atoms with Gasteiger partial charge < -0.3 is 14.2 Å². The molecule has 2 aromatic heterocycles. The SMILES string of the molecule is COC(=O)Cc1cc(C)ccc1OCCCc1cnccc1COc1cccc(Br)n1. The molecule has 0 aliphatic heterocycles. The second-order valence-electron chi connectivity index (χ2n) is 7.05. The molecule has 0 saturated carbocycles. The van der Waals surface area contributed by atoms with E-state index in [1.54, 1.807) is 6.20 Å². The number of rotatable bonds is 10. The first-order valence-corrected chi connectivity index (χ1v) is 10.8. The number of hydrogen-bond acceptors (Lipinski definition) is 6. The normalized spacial score (nSPS) is 10.5. The molecular formula is C24H25BrN2O4. The predicted octanol–water partition coefficient (Wildman–Crippen LogP) is 4.85. The molecule has 6 nitrogen and oxygen atoms in total. The lowest BCUT2D eigenvalue weighted by Crippen LogP contribution is -2.08. The molecule has 1 aromatic carbocycles. The number of methoxy groups -OCH3 is 1. The highest BCUT2D eigenvalue weighted by molar-refractivity contribution is 9.10. The smallest absolute Gasteiger partial charge is 0.310 e. The van der Waals surface area contributed by atoms with Crippen LogP contribution in [0.15, 0.2) is 59.5 Å². The van der Waals surface area contributed by atoms with Gasteiger partial charge in [0.2, 0.25) is 5.88 Å². The summed E-state index contributed by atoms with van der Waals surface area (Å²) >= 11 is 3.35. The lowest BCUT2D eigenvalue weighted by molar-refractivity contribution is -0.139. The number of esters is 1. The molecule has 0 fully saturated rings. The van der Waals surface area contributed by atoms with Crippen LogP contribution in [0, 0.1) is 6.92 Å². The zero-order chi connectivity index (χ0) is 22.1. The zero-order valence-corrected chi connectivity index (χ0v) is 19.2. The topological polar surface area (TPSA) is 70.5 Å². The number of carbonyl (C=O) groups is 1. The minimum absolute atomic E-state index is 0.196. The fourth-order valence-corrected chi connectivity index (χ4v) is 3.43. The Morgan fingerprint density at radius 3 is 2.74 bits per heavy atom. The van der Waals surface area contributed by atoms with Crippen molar-refractivity contribution in [2.45, 2.75) is 32.8 Å². The van der Waals surface area contributed by atoms with Crippen molar-refractivity contribution in [3.05, 3.63) is 81.7 Å².